The Labute approximate surface area is 66.7 Å². The lowest BCUT2D eigenvalue weighted by Gasteiger charge is -2.12. The molecule has 0 saturated heterocycles. The zero-order chi connectivity index (χ0) is 8.69. The van der Waals surface area contributed by atoms with Crippen molar-refractivity contribution in [3.05, 3.63) is 19.6 Å². The minimum absolute atomic E-state index is 0.245. The Morgan fingerprint density at radius 3 is 2.64 bits per heavy atom. The Hall–Kier alpha value is -0.830. The minimum atomic E-state index is -0.493. The van der Waals surface area contributed by atoms with E-state index in [0.29, 0.717) is 12.8 Å². The number of esters is 1. The third-order valence-electron chi connectivity index (χ3n) is 1.21. The summed E-state index contributed by atoms with van der Waals surface area (Å²) >= 11 is 0. The van der Waals surface area contributed by atoms with E-state index in [0.717, 1.165) is 6.08 Å². The Bertz CT molecular complexity index is 131. The van der Waals surface area contributed by atoms with Crippen molar-refractivity contribution in [2.75, 3.05) is 6.61 Å². The van der Waals surface area contributed by atoms with E-state index in [1.54, 1.807) is 0 Å². The molecule has 0 aromatic carbocycles. The fraction of sp³-hybridized carbons (Fsp3) is 0.500. The molecule has 1 unspecified atom stereocenters. The molecule has 2 radical (unpaired) electrons. The van der Waals surface area contributed by atoms with Crippen LogP contribution in [-0.4, -0.2) is 18.7 Å². The monoisotopic (exact) mass is 156 g/mol. The summed E-state index contributed by atoms with van der Waals surface area (Å²) in [6, 6.07) is 0. The molecule has 0 spiro atoms. The zero-order valence-corrected chi connectivity index (χ0v) is 6.41. The fourth-order valence-corrected chi connectivity index (χ4v) is 0.606. The summed E-state index contributed by atoms with van der Waals surface area (Å²) in [5, 5.41) is 10.1. The first-order chi connectivity index (χ1) is 5.24. The molecule has 0 aliphatic heterocycles. The van der Waals surface area contributed by atoms with Gasteiger partial charge in [0.15, 0.2) is 0 Å². The molecule has 1 atom stereocenters. The topological polar surface area (TPSA) is 46.2 Å². The third kappa shape index (κ3) is 4.56. The molecule has 0 aliphatic rings. The van der Waals surface area contributed by atoms with Crippen LogP contribution in [0.25, 0.3) is 0 Å². The summed E-state index contributed by atoms with van der Waals surface area (Å²) in [4.78, 5) is 10.6. The molecular formula is C8H12O3. The van der Waals surface area contributed by atoms with Crippen molar-refractivity contribution >= 4 is 5.97 Å². The van der Waals surface area contributed by atoms with E-state index in [4.69, 9.17) is 4.74 Å². The van der Waals surface area contributed by atoms with Gasteiger partial charge in [-0.2, -0.15) is 0 Å². The van der Waals surface area contributed by atoms with Crippen LogP contribution in [-0.2, 0) is 14.6 Å². The van der Waals surface area contributed by atoms with Crippen molar-refractivity contribution in [3.8, 4) is 0 Å². The second-order valence-corrected chi connectivity index (χ2v) is 2.04. The molecular weight excluding hydrogens is 144 g/mol. The molecule has 0 saturated carbocycles. The van der Waals surface area contributed by atoms with Gasteiger partial charge in [0.25, 0.3) is 0 Å². The molecule has 0 rings (SSSR count). The van der Waals surface area contributed by atoms with Crippen LogP contribution in [0.1, 0.15) is 12.8 Å². The van der Waals surface area contributed by atoms with Gasteiger partial charge in [-0.25, -0.2) is 9.90 Å². The van der Waals surface area contributed by atoms with Gasteiger partial charge in [0.05, 0.1) is 6.61 Å². The quantitative estimate of drug-likeness (QED) is 0.442. The maximum absolute atomic E-state index is 10.6. The average Bonchev–Trinajstić information content (AvgIpc) is 2.03. The van der Waals surface area contributed by atoms with Crippen molar-refractivity contribution in [3.63, 3.8) is 0 Å². The summed E-state index contributed by atoms with van der Waals surface area (Å²) in [7, 11) is 0. The van der Waals surface area contributed by atoms with Gasteiger partial charge in [-0.3, -0.25) is 0 Å². The summed E-state index contributed by atoms with van der Waals surface area (Å²) in [6.07, 6.45) is 1.48. The standard InChI is InChI=1S/C8H12O3/c1-3-7(5-6-9)11-8(10)4-2/h4,7H,1-3,5-6H2. The van der Waals surface area contributed by atoms with Gasteiger partial charge >= 0.3 is 5.97 Å². The Balaban J connectivity index is 3.67. The molecule has 0 heterocycles. The second kappa shape index (κ2) is 5.92. The summed E-state index contributed by atoms with van der Waals surface area (Å²) in [5.41, 5.74) is 0. The Kier molecular flexibility index (Phi) is 5.47. The van der Waals surface area contributed by atoms with Gasteiger partial charge in [-0.1, -0.05) is 6.58 Å². The largest absolute Gasteiger partial charge is 0.459 e. The molecule has 3 heteroatoms. The highest BCUT2D eigenvalue weighted by Gasteiger charge is 2.08. The number of carbonyl (C=O) groups is 1. The highest BCUT2D eigenvalue weighted by molar-refractivity contribution is 5.81. The van der Waals surface area contributed by atoms with Crippen molar-refractivity contribution < 1.29 is 14.6 Å². The molecule has 62 valence electrons. The minimum Gasteiger partial charge on any atom is -0.459 e. The van der Waals surface area contributed by atoms with Crippen LogP contribution in [0, 0.1) is 6.92 Å². The van der Waals surface area contributed by atoms with E-state index < -0.39 is 5.97 Å². The van der Waals surface area contributed by atoms with Crippen molar-refractivity contribution in [1.29, 1.82) is 0 Å². The first-order valence-electron chi connectivity index (χ1n) is 3.45. The first kappa shape index (κ1) is 10.2. The fourth-order valence-electron chi connectivity index (χ4n) is 0.606. The second-order valence-electron chi connectivity index (χ2n) is 2.04. The van der Waals surface area contributed by atoms with E-state index in [9.17, 15) is 9.90 Å². The highest BCUT2D eigenvalue weighted by Crippen LogP contribution is 2.02. The van der Waals surface area contributed by atoms with E-state index >= 15 is 0 Å². The molecule has 0 aromatic rings. The zero-order valence-electron chi connectivity index (χ0n) is 6.41. The smallest absolute Gasteiger partial charge is 0.330 e. The van der Waals surface area contributed by atoms with Crippen LogP contribution in [0.4, 0.5) is 0 Å². The van der Waals surface area contributed by atoms with Crippen LogP contribution in [0.5, 0.6) is 0 Å². The van der Waals surface area contributed by atoms with Crippen LogP contribution >= 0.6 is 0 Å². The predicted octanol–water partition coefficient (Wildman–Crippen LogP) is 1.13. The predicted molar refractivity (Wildman–Crippen MR) is 40.2 cm³/mol. The van der Waals surface area contributed by atoms with Gasteiger partial charge in [-0.15, -0.1) is 0 Å². The lowest BCUT2D eigenvalue weighted by atomic mass is 10.2. The maximum atomic E-state index is 10.6. The molecule has 0 fully saturated rings. The molecule has 0 N–H and O–H groups in total. The first-order valence-corrected chi connectivity index (χ1v) is 3.45. The summed E-state index contributed by atoms with van der Waals surface area (Å²) < 4.78 is 4.77. The molecule has 0 bridgehead atoms. The van der Waals surface area contributed by atoms with Crippen LogP contribution < -0.4 is 0 Å². The van der Waals surface area contributed by atoms with E-state index in [2.05, 4.69) is 13.5 Å². The van der Waals surface area contributed by atoms with E-state index in [1.165, 1.54) is 0 Å². The van der Waals surface area contributed by atoms with E-state index in [-0.39, 0.29) is 12.7 Å². The average molecular weight is 156 g/mol. The Morgan fingerprint density at radius 2 is 2.27 bits per heavy atom. The van der Waals surface area contributed by atoms with Crippen LogP contribution in [0.2, 0.25) is 0 Å². The Morgan fingerprint density at radius 1 is 1.64 bits per heavy atom. The maximum Gasteiger partial charge on any atom is 0.330 e. The highest BCUT2D eigenvalue weighted by atomic mass is 16.5. The number of hydrogen-bond donors (Lipinski definition) is 0. The molecule has 0 amide bonds. The van der Waals surface area contributed by atoms with Gasteiger partial charge in [0, 0.05) is 12.5 Å². The lowest BCUT2D eigenvalue weighted by Crippen LogP contribution is -2.16. The SMILES string of the molecule is [CH2]CC(CC[O])OC(=O)C=C. The lowest BCUT2D eigenvalue weighted by molar-refractivity contribution is -0.143. The van der Waals surface area contributed by atoms with Gasteiger partial charge in [0.1, 0.15) is 6.10 Å². The number of carbonyl (C=O) groups excluding carboxylic acids is 1. The molecule has 11 heavy (non-hydrogen) atoms. The summed E-state index contributed by atoms with van der Waals surface area (Å²) in [5.74, 6) is -0.493. The molecule has 3 nitrogen and oxygen atoms in total. The summed E-state index contributed by atoms with van der Waals surface area (Å²) in [6.45, 7) is 6.53. The van der Waals surface area contributed by atoms with Crippen molar-refractivity contribution in [2.24, 2.45) is 0 Å². The van der Waals surface area contributed by atoms with Gasteiger partial charge in [0.2, 0.25) is 0 Å². The van der Waals surface area contributed by atoms with Crippen LogP contribution in [0.15, 0.2) is 12.7 Å². The number of hydrogen-bond acceptors (Lipinski definition) is 2. The van der Waals surface area contributed by atoms with Gasteiger partial charge in [-0.05, 0) is 13.3 Å². The van der Waals surface area contributed by atoms with Gasteiger partial charge < -0.3 is 4.74 Å². The number of ether oxygens (including phenoxy) is 1. The third-order valence-corrected chi connectivity index (χ3v) is 1.21. The molecule has 0 aromatic heterocycles. The molecule has 0 aliphatic carbocycles. The normalized spacial score (nSPS) is 12.2. The number of rotatable bonds is 5. The van der Waals surface area contributed by atoms with E-state index in [1.807, 2.05) is 0 Å². The van der Waals surface area contributed by atoms with Crippen LogP contribution in [0.3, 0.4) is 0 Å². The van der Waals surface area contributed by atoms with Crippen molar-refractivity contribution in [2.45, 2.75) is 18.9 Å². The van der Waals surface area contributed by atoms with Crippen molar-refractivity contribution in [1.82, 2.24) is 0 Å².